The first-order valence-corrected chi connectivity index (χ1v) is 9.37. The second-order valence-corrected chi connectivity index (χ2v) is 7.37. The van der Waals surface area contributed by atoms with Crippen molar-refractivity contribution >= 4 is 32.8 Å². The van der Waals surface area contributed by atoms with Crippen molar-refractivity contribution in [3.63, 3.8) is 0 Å². The third-order valence-electron chi connectivity index (χ3n) is 4.04. The Bertz CT molecular complexity index is 1250. The molecule has 2 aromatic heterocycles. The summed E-state index contributed by atoms with van der Waals surface area (Å²) in [5, 5.41) is 16.0. The van der Waals surface area contributed by atoms with E-state index in [0.717, 1.165) is 16.5 Å². The van der Waals surface area contributed by atoms with E-state index in [0.29, 0.717) is 17.0 Å². The number of nitrogens with zero attached hydrogens (tertiary/aromatic N) is 2. The van der Waals surface area contributed by atoms with Crippen LogP contribution in [0, 0.1) is 0 Å². The molecule has 0 aliphatic carbocycles. The molecule has 138 valence electrons. The van der Waals surface area contributed by atoms with Gasteiger partial charge in [0.15, 0.2) is 18.0 Å². The number of sulfonamides is 1. The number of hydrogen-bond acceptors (Lipinski definition) is 6. The zero-order valence-electron chi connectivity index (χ0n) is 13.8. The van der Waals surface area contributed by atoms with Crippen molar-refractivity contribution in [2.24, 2.45) is 10.1 Å². The highest BCUT2D eigenvalue weighted by Gasteiger charge is 2.12. The Balaban J connectivity index is 0.00000225. The van der Waals surface area contributed by atoms with Crippen LogP contribution in [-0.2, 0) is 10.0 Å². The number of fused-ring (bicyclic) bond motifs is 1. The van der Waals surface area contributed by atoms with Gasteiger partial charge < -0.3 is 14.5 Å². The van der Waals surface area contributed by atoms with Gasteiger partial charge in [-0.15, -0.1) is 0 Å². The number of primary sulfonamides is 1. The van der Waals surface area contributed by atoms with E-state index >= 15 is 0 Å². The number of H-pyrrole nitrogens is 1. The van der Waals surface area contributed by atoms with Crippen LogP contribution < -0.4 is 5.14 Å². The first-order chi connectivity index (χ1) is 12.9. The smallest absolute Gasteiger partial charge is 0.238 e. The molecule has 4 rings (SSSR count). The molecule has 9 heteroatoms. The van der Waals surface area contributed by atoms with E-state index in [1.54, 1.807) is 6.20 Å². The summed E-state index contributed by atoms with van der Waals surface area (Å²) in [5.41, 5.74) is 2.57. The molecular formula is C18H16N4O4S. The number of hydrogen-bond donors (Lipinski definition) is 3. The first-order valence-electron chi connectivity index (χ1n) is 7.82. The summed E-state index contributed by atoms with van der Waals surface area (Å²) in [5.74, 6) is 0.587. The van der Waals surface area contributed by atoms with Crippen LogP contribution in [0.5, 0.6) is 5.88 Å². The fraction of sp³-hybridized carbons (Fsp3) is 0. The zero-order chi connectivity index (χ0) is 19.0. The van der Waals surface area contributed by atoms with Crippen LogP contribution in [0.25, 0.3) is 22.2 Å². The predicted octanol–water partition coefficient (Wildman–Crippen LogP) is 3.17. The summed E-state index contributed by atoms with van der Waals surface area (Å²) in [4.78, 5) is 11.1. The van der Waals surface area contributed by atoms with E-state index in [1.807, 2.05) is 18.2 Å². The zero-order valence-corrected chi connectivity index (χ0v) is 14.6. The maximum absolute atomic E-state index is 11.3. The highest BCUT2D eigenvalue weighted by atomic mass is 32.2. The van der Waals surface area contributed by atoms with Crippen LogP contribution in [-0.4, -0.2) is 29.7 Å². The van der Waals surface area contributed by atoms with Crippen LogP contribution in [0.1, 0.15) is 6.99 Å². The van der Waals surface area contributed by atoms with Crippen molar-refractivity contribution in [3.05, 3.63) is 60.6 Å². The average Bonchev–Trinajstić information content (AvgIpc) is 3.26. The normalized spacial score (nSPS) is 12.2. The number of aromatic nitrogens is 2. The fourth-order valence-electron chi connectivity index (χ4n) is 2.70. The monoisotopic (exact) mass is 384 g/mol. The van der Waals surface area contributed by atoms with Gasteiger partial charge in [0.05, 0.1) is 22.3 Å². The molecule has 0 aliphatic heterocycles. The van der Waals surface area contributed by atoms with E-state index in [-0.39, 0.29) is 12.2 Å². The third-order valence-corrected chi connectivity index (χ3v) is 4.97. The Morgan fingerprint density at radius 2 is 2.00 bits per heavy atom. The lowest BCUT2D eigenvalue weighted by molar-refractivity contribution is 0.457. The molecule has 0 saturated heterocycles. The van der Waals surface area contributed by atoms with Crippen molar-refractivity contribution in [1.29, 1.82) is 0 Å². The van der Waals surface area contributed by atoms with E-state index in [4.69, 9.17) is 9.56 Å². The van der Waals surface area contributed by atoms with Crippen molar-refractivity contribution < 1.29 is 19.4 Å². The molecule has 0 atom stereocenters. The van der Waals surface area contributed by atoms with Gasteiger partial charge in [-0.25, -0.2) is 18.5 Å². The van der Waals surface area contributed by atoms with E-state index in [2.05, 4.69) is 15.0 Å². The van der Waals surface area contributed by atoms with Gasteiger partial charge in [0.25, 0.3) is 0 Å². The Morgan fingerprint density at radius 1 is 1.22 bits per heavy atom. The van der Waals surface area contributed by atoms with Gasteiger partial charge >= 0.3 is 0 Å². The molecule has 0 bridgehead atoms. The van der Waals surface area contributed by atoms with Gasteiger partial charge in [0, 0.05) is 24.1 Å². The molecule has 0 radical (unpaired) electrons. The Morgan fingerprint density at radius 3 is 2.67 bits per heavy atom. The second kappa shape index (κ2) is 6.38. The summed E-state index contributed by atoms with van der Waals surface area (Å²) in [7, 11) is -3.75. The van der Waals surface area contributed by atoms with Crippen LogP contribution in [0.15, 0.2) is 69.4 Å². The number of aromatic hydroxyl groups is 1. The summed E-state index contributed by atoms with van der Waals surface area (Å²) >= 11 is 0. The molecule has 0 spiro atoms. The largest absolute Gasteiger partial charge is 0.494 e. The topological polar surface area (TPSA) is 135 Å². The van der Waals surface area contributed by atoms with E-state index in [9.17, 15) is 13.5 Å². The molecule has 27 heavy (non-hydrogen) atoms. The van der Waals surface area contributed by atoms with Gasteiger partial charge in [0.1, 0.15) is 0 Å². The molecular weight excluding hydrogens is 368 g/mol. The highest BCUT2D eigenvalue weighted by Crippen LogP contribution is 2.30. The Hall–Kier alpha value is -3.43. The van der Waals surface area contributed by atoms with Gasteiger partial charge in [0.2, 0.25) is 10.0 Å². The van der Waals surface area contributed by atoms with Gasteiger partial charge in [-0.2, -0.15) is 0 Å². The minimum atomic E-state index is -3.75. The van der Waals surface area contributed by atoms with Gasteiger partial charge in [-0.3, -0.25) is 4.99 Å². The van der Waals surface area contributed by atoms with Crippen LogP contribution in [0.2, 0.25) is 0 Å². The molecule has 2 aromatic carbocycles. The van der Waals surface area contributed by atoms with E-state index in [1.165, 1.54) is 36.9 Å². The molecule has 2 heterocycles. The summed E-state index contributed by atoms with van der Waals surface area (Å²) in [6.45, 7) is 0. The van der Waals surface area contributed by atoms with E-state index < -0.39 is 10.0 Å². The molecule has 4 aromatic rings. The molecule has 4 N–H and O–H groups in total. The molecule has 8 nitrogen and oxygen atoms in total. The highest BCUT2D eigenvalue weighted by molar-refractivity contribution is 7.89. The molecule has 0 fully saturated rings. The summed E-state index contributed by atoms with van der Waals surface area (Å²) < 4.78 is 27.9. The van der Waals surface area contributed by atoms with Crippen LogP contribution in [0.4, 0.5) is 5.69 Å². The quantitative estimate of drug-likeness (QED) is 0.465. The van der Waals surface area contributed by atoms with Crippen molar-refractivity contribution in [2.75, 3.05) is 0 Å². The number of nitrogens with two attached hydrogens (primary N) is 1. The minimum Gasteiger partial charge on any atom is -0.494 e. The number of aliphatic imine (C=N–C) groups is 1. The number of oxazole rings is 1. The van der Waals surface area contributed by atoms with Crippen molar-refractivity contribution in [2.45, 2.75) is 4.90 Å². The van der Waals surface area contributed by atoms with Gasteiger partial charge in [-0.05, 0) is 42.5 Å². The standard InChI is InChI=1S/C18H14N4O4S.H2/c19-27(24,25)13-4-2-12(3-5-13)21-8-15-14-7-11(17-9-20-10-26-17)1-6-16(14)22-18(15)23;/h1-10,22-23H,(H2,19,24,25);1H. The van der Waals surface area contributed by atoms with Crippen LogP contribution in [0.3, 0.4) is 0 Å². The molecule has 0 amide bonds. The van der Waals surface area contributed by atoms with Crippen LogP contribution >= 0.6 is 0 Å². The lowest BCUT2D eigenvalue weighted by Crippen LogP contribution is -2.11. The Kier molecular flexibility index (Phi) is 4.02. The first kappa shape index (κ1) is 17.0. The SMILES string of the molecule is NS(=O)(=O)c1ccc(N=Cc2c(O)[nH]c3ccc(-c4cnco4)cc23)cc1.[HH]. The molecule has 0 unspecified atom stereocenters. The Labute approximate surface area is 155 Å². The number of benzene rings is 2. The lowest BCUT2D eigenvalue weighted by Gasteiger charge is -1.99. The summed E-state index contributed by atoms with van der Waals surface area (Å²) in [6.07, 6.45) is 4.46. The lowest BCUT2D eigenvalue weighted by atomic mass is 10.1. The maximum atomic E-state index is 11.3. The molecule has 0 aliphatic rings. The average molecular weight is 384 g/mol. The molecule has 0 saturated carbocycles. The second-order valence-electron chi connectivity index (χ2n) is 5.81. The number of rotatable bonds is 4. The number of aromatic amines is 1. The fourth-order valence-corrected chi connectivity index (χ4v) is 3.22. The van der Waals surface area contributed by atoms with Crippen molar-refractivity contribution in [1.82, 2.24) is 9.97 Å². The van der Waals surface area contributed by atoms with Gasteiger partial charge in [-0.1, -0.05) is 0 Å². The minimum absolute atomic E-state index is 0. The maximum Gasteiger partial charge on any atom is 0.238 e. The number of nitrogens with one attached hydrogen (secondary N) is 1. The summed E-state index contributed by atoms with van der Waals surface area (Å²) in [6, 6.07) is 11.3. The predicted molar refractivity (Wildman–Crippen MR) is 103 cm³/mol. The van der Waals surface area contributed by atoms with Crippen molar-refractivity contribution in [3.8, 4) is 17.2 Å². The third kappa shape index (κ3) is 3.33.